The molecule has 1 fully saturated rings. The van der Waals surface area contributed by atoms with Crippen molar-refractivity contribution in [2.45, 2.75) is 59.4 Å². The summed E-state index contributed by atoms with van der Waals surface area (Å²) < 4.78 is 29.5. The third kappa shape index (κ3) is 5.08. The summed E-state index contributed by atoms with van der Waals surface area (Å²) in [6.45, 7) is 13.3. The number of aromatic nitrogens is 1. The topological polar surface area (TPSA) is 59.0 Å². The Morgan fingerprint density at radius 2 is 1.63 bits per heavy atom. The molecule has 3 rings (SSSR count). The maximum absolute atomic E-state index is 6.15. The highest BCUT2D eigenvalue weighted by molar-refractivity contribution is 6.62. The number of hydrogen-bond donors (Lipinski definition) is 0. The Hall–Kier alpha value is -2.25. The van der Waals surface area contributed by atoms with E-state index in [0.717, 1.165) is 16.8 Å². The first-order valence-corrected chi connectivity index (χ1v) is 10.4. The Balaban J connectivity index is 1.78. The molecule has 0 atom stereocenters. The van der Waals surface area contributed by atoms with Gasteiger partial charge in [-0.15, -0.1) is 0 Å². The summed E-state index contributed by atoms with van der Waals surface area (Å²) in [6, 6.07) is 9.65. The molecule has 0 radical (unpaired) electrons. The van der Waals surface area contributed by atoms with Gasteiger partial charge in [0.2, 0.25) is 0 Å². The maximum Gasteiger partial charge on any atom is 0.496 e. The van der Waals surface area contributed by atoms with Crippen LogP contribution in [-0.2, 0) is 15.9 Å². The molecule has 1 aliphatic heterocycles. The van der Waals surface area contributed by atoms with Gasteiger partial charge < -0.3 is 23.5 Å². The van der Waals surface area contributed by atoms with Crippen molar-refractivity contribution in [3.8, 4) is 17.4 Å². The molecule has 0 amide bonds. The second kappa shape index (κ2) is 8.86. The van der Waals surface area contributed by atoms with Crippen LogP contribution in [0.5, 0.6) is 17.4 Å². The van der Waals surface area contributed by atoms with Crippen molar-refractivity contribution in [2.24, 2.45) is 5.92 Å². The van der Waals surface area contributed by atoms with Gasteiger partial charge in [-0.05, 0) is 57.4 Å². The van der Waals surface area contributed by atoms with Crippen molar-refractivity contribution in [3.05, 3.63) is 42.1 Å². The van der Waals surface area contributed by atoms with E-state index in [1.807, 2.05) is 58.0 Å². The van der Waals surface area contributed by atoms with E-state index in [2.05, 4.69) is 18.8 Å². The highest BCUT2D eigenvalue weighted by Crippen LogP contribution is 2.37. The van der Waals surface area contributed by atoms with Crippen molar-refractivity contribution < 1.29 is 23.5 Å². The summed E-state index contributed by atoms with van der Waals surface area (Å²) in [5.41, 5.74) is 0.993. The Morgan fingerprint density at radius 1 is 1.00 bits per heavy atom. The molecular weight excluding hydrogens is 381 g/mol. The van der Waals surface area contributed by atoms with Crippen molar-refractivity contribution >= 4 is 12.6 Å². The molecule has 1 aromatic heterocycles. The summed E-state index contributed by atoms with van der Waals surface area (Å²) in [5, 5.41) is 0. The lowest BCUT2D eigenvalue weighted by Crippen LogP contribution is -2.41. The van der Waals surface area contributed by atoms with E-state index in [4.69, 9.17) is 23.5 Å². The van der Waals surface area contributed by atoms with Crippen LogP contribution in [0.3, 0.4) is 0 Å². The molecule has 0 N–H and O–H groups in total. The molecule has 2 heterocycles. The van der Waals surface area contributed by atoms with Crippen LogP contribution < -0.4 is 19.7 Å². The minimum Gasteiger partial charge on any atom is -0.497 e. The molecule has 1 aromatic carbocycles. The molecule has 0 spiro atoms. The van der Waals surface area contributed by atoms with Crippen molar-refractivity contribution in [3.63, 3.8) is 0 Å². The summed E-state index contributed by atoms with van der Waals surface area (Å²) in [5.74, 6) is 2.22. The first-order chi connectivity index (χ1) is 14.1. The fourth-order valence-corrected chi connectivity index (χ4v) is 2.90. The van der Waals surface area contributed by atoms with Gasteiger partial charge in [-0.2, -0.15) is 0 Å². The Kier molecular flexibility index (Phi) is 6.63. The molecule has 0 unspecified atom stereocenters. The molecule has 0 aliphatic carbocycles. The van der Waals surface area contributed by atoms with Crippen molar-refractivity contribution in [1.82, 2.24) is 4.98 Å². The normalized spacial score (nSPS) is 17.3. The molecule has 162 valence electrons. The zero-order valence-corrected chi connectivity index (χ0v) is 19.0. The van der Waals surface area contributed by atoms with Crippen LogP contribution in [0.2, 0.25) is 0 Å². The number of pyridine rings is 1. The molecule has 1 saturated heterocycles. The lowest BCUT2D eigenvalue weighted by Gasteiger charge is -2.32. The van der Waals surface area contributed by atoms with E-state index in [-0.39, 0.29) is 0 Å². The van der Waals surface area contributed by atoms with Gasteiger partial charge in [0.25, 0.3) is 5.88 Å². The second-order valence-electron chi connectivity index (χ2n) is 9.00. The van der Waals surface area contributed by atoms with Gasteiger partial charge in [-0.25, -0.2) is 4.98 Å². The maximum atomic E-state index is 6.15. The van der Waals surface area contributed by atoms with Crippen LogP contribution >= 0.6 is 0 Å². The van der Waals surface area contributed by atoms with E-state index >= 15 is 0 Å². The smallest absolute Gasteiger partial charge is 0.496 e. The van der Waals surface area contributed by atoms with Gasteiger partial charge in [0.15, 0.2) is 5.75 Å². The standard InChI is InChI=1S/C23H32BNO5/c1-16(2)14-27-20-12-18(24-29-22(3,4)23(5,6)30-24)13-25-21(20)28-15-17-8-10-19(26-7)11-9-17/h8-13,16H,14-15H2,1-7H3. The van der Waals surface area contributed by atoms with Gasteiger partial charge >= 0.3 is 7.12 Å². The van der Waals surface area contributed by atoms with Crippen molar-refractivity contribution in [1.29, 1.82) is 0 Å². The highest BCUT2D eigenvalue weighted by atomic mass is 16.7. The van der Waals surface area contributed by atoms with Crippen LogP contribution in [0.1, 0.15) is 47.1 Å². The second-order valence-corrected chi connectivity index (χ2v) is 9.00. The highest BCUT2D eigenvalue weighted by Gasteiger charge is 2.52. The van der Waals surface area contributed by atoms with E-state index in [0.29, 0.717) is 30.8 Å². The van der Waals surface area contributed by atoms with Gasteiger partial charge in [-0.3, -0.25) is 0 Å². The van der Waals surface area contributed by atoms with Gasteiger partial charge in [0.1, 0.15) is 12.4 Å². The van der Waals surface area contributed by atoms with Crippen LogP contribution in [0.4, 0.5) is 0 Å². The Morgan fingerprint density at radius 3 is 2.20 bits per heavy atom. The average molecular weight is 413 g/mol. The molecular formula is C23H32BNO5. The zero-order chi connectivity index (χ0) is 21.9. The van der Waals surface area contributed by atoms with Crippen LogP contribution in [0.25, 0.3) is 0 Å². The van der Waals surface area contributed by atoms with Gasteiger partial charge in [-0.1, -0.05) is 26.0 Å². The molecule has 2 aromatic rings. The molecule has 6 nitrogen and oxygen atoms in total. The SMILES string of the molecule is COc1ccc(COc2ncc(B3OC(C)(C)C(C)(C)O3)cc2OCC(C)C)cc1. The molecule has 0 saturated carbocycles. The fraction of sp³-hybridized carbons (Fsp3) is 0.522. The third-order valence-electron chi connectivity index (χ3n) is 5.47. The summed E-state index contributed by atoms with van der Waals surface area (Å²) >= 11 is 0. The molecule has 7 heteroatoms. The van der Waals surface area contributed by atoms with E-state index < -0.39 is 18.3 Å². The van der Waals surface area contributed by atoms with E-state index in [1.54, 1.807) is 13.3 Å². The number of methoxy groups -OCH3 is 1. The first-order valence-electron chi connectivity index (χ1n) is 10.4. The fourth-order valence-electron chi connectivity index (χ4n) is 2.90. The first kappa shape index (κ1) is 22.4. The lowest BCUT2D eigenvalue weighted by atomic mass is 9.80. The Labute approximate surface area is 180 Å². The van der Waals surface area contributed by atoms with E-state index in [9.17, 15) is 0 Å². The Bertz CT molecular complexity index is 835. The largest absolute Gasteiger partial charge is 0.497 e. The predicted molar refractivity (Wildman–Crippen MR) is 118 cm³/mol. The number of benzene rings is 1. The zero-order valence-electron chi connectivity index (χ0n) is 19.0. The molecule has 30 heavy (non-hydrogen) atoms. The molecule has 0 bridgehead atoms. The number of ether oxygens (including phenoxy) is 3. The van der Waals surface area contributed by atoms with Crippen LogP contribution in [0.15, 0.2) is 36.5 Å². The summed E-state index contributed by atoms with van der Waals surface area (Å²) in [4.78, 5) is 4.51. The lowest BCUT2D eigenvalue weighted by molar-refractivity contribution is 0.00578. The van der Waals surface area contributed by atoms with E-state index in [1.165, 1.54) is 0 Å². The minimum absolute atomic E-state index is 0.375. The third-order valence-corrected chi connectivity index (χ3v) is 5.47. The summed E-state index contributed by atoms with van der Waals surface area (Å²) in [7, 11) is 1.15. The summed E-state index contributed by atoms with van der Waals surface area (Å²) in [6.07, 6.45) is 1.73. The number of rotatable bonds is 8. The minimum atomic E-state index is -0.500. The average Bonchev–Trinajstić information content (AvgIpc) is 2.92. The van der Waals surface area contributed by atoms with Crippen molar-refractivity contribution in [2.75, 3.05) is 13.7 Å². The van der Waals surface area contributed by atoms with Gasteiger partial charge in [0, 0.05) is 11.7 Å². The van der Waals surface area contributed by atoms with Crippen LogP contribution in [0, 0.1) is 5.92 Å². The van der Waals surface area contributed by atoms with Gasteiger partial charge in [0.05, 0.1) is 24.9 Å². The quantitative estimate of drug-likeness (QED) is 0.610. The monoisotopic (exact) mass is 413 g/mol. The number of hydrogen-bond acceptors (Lipinski definition) is 6. The predicted octanol–water partition coefficient (Wildman–Crippen LogP) is 4.00. The molecule has 1 aliphatic rings. The number of nitrogens with zero attached hydrogens (tertiary/aromatic N) is 1. The van der Waals surface area contributed by atoms with Crippen LogP contribution in [-0.4, -0.2) is 37.0 Å².